The number of carboxylic acid groups (broad SMARTS) is 1. The molecule has 0 atom stereocenters. The minimum absolute atomic E-state index is 0.0103. The molecule has 0 amide bonds. The monoisotopic (exact) mass is 423 g/mol. The number of thiophene rings is 1. The molecule has 8 heteroatoms. The lowest BCUT2D eigenvalue weighted by Crippen LogP contribution is -2.12. The number of hydrogen-bond donors (Lipinski definition) is 2. The van der Waals surface area contributed by atoms with Crippen molar-refractivity contribution in [3.63, 3.8) is 0 Å². The zero-order valence-electron chi connectivity index (χ0n) is 10.3. The Bertz CT molecular complexity index is 768. The molecular formula is C12H10INO4S2. The molecule has 2 N–H and O–H groups in total. The average molecular weight is 423 g/mol. The van der Waals surface area contributed by atoms with Crippen molar-refractivity contribution in [3.8, 4) is 0 Å². The molecule has 2 rings (SSSR count). The van der Waals surface area contributed by atoms with Gasteiger partial charge in [0.05, 0.1) is 4.90 Å². The first-order valence-corrected chi connectivity index (χ1v) is 8.84. The Morgan fingerprint density at radius 1 is 1.35 bits per heavy atom. The molecule has 0 aliphatic carbocycles. The van der Waals surface area contributed by atoms with Gasteiger partial charge in [0.2, 0.25) is 0 Å². The molecule has 0 bridgehead atoms. The SMILES string of the molecule is Cc1ccc(NS(=O)(=O)c2csc(C(=O)O)c2)cc1I. The summed E-state index contributed by atoms with van der Waals surface area (Å²) in [5.41, 5.74) is 1.50. The molecule has 1 heterocycles. The number of benzene rings is 1. The first kappa shape index (κ1) is 15.3. The molecule has 0 unspecified atom stereocenters. The number of hydrogen-bond acceptors (Lipinski definition) is 4. The lowest BCUT2D eigenvalue weighted by molar-refractivity contribution is 0.0702. The predicted molar refractivity (Wildman–Crippen MR) is 86.0 cm³/mol. The van der Waals surface area contributed by atoms with Gasteiger partial charge in [-0.3, -0.25) is 4.72 Å². The van der Waals surface area contributed by atoms with Crippen LogP contribution >= 0.6 is 33.9 Å². The Labute approximate surface area is 133 Å². The Kier molecular flexibility index (Phi) is 4.35. The quantitative estimate of drug-likeness (QED) is 0.741. The number of carbonyl (C=O) groups is 1. The van der Waals surface area contributed by atoms with Gasteiger partial charge in [-0.15, -0.1) is 11.3 Å². The zero-order chi connectivity index (χ0) is 14.9. The van der Waals surface area contributed by atoms with Gasteiger partial charge in [-0.2, -0.15) is 0 Å². The van der Waals surface area contributed by atoms with Crippen LogP contribution < -0.4 is 4.72 Å². The first-order valence-electron chi connectivity index (χ1n) is 5.40. The molecule has 0 aliphatic heterocycles. The van der Waals surface area contributed by atoms with E-state index in [0.717, 1.165) is 26.5 Å². The smallest absolute Gasteiger partial charge is 0.345 e. The highest BCUT2D eigenvalue weighted by Crippen LogP contribution is 2.23. The highest BCUT2D eigenvalue weighted by Gasteiger charge is 2.18. The van der Waals surface area contributed by atoms with E-state index >= 15 is 0 Å². The lowest BCUT2D eigenvalue weighted by Gasteiger charge is -2.07. The molecule has 0 spiro atoms. The maximum atomic E-state index is 12.1. The standard InChI is InChI=1S/C12H10INO4S2/c1-7-2-3-8(4-10(7)13)14-20(17,18)9-5-11(12(15)16)19-6-9/h2-6,14H,1H3,(H,15,16). The van der Waals surface area contributed by atoms with E-state index < -0.39 is 16.0 Å². The number of aromatic carboxylic acids is 1. The van der Waals surface area contributed by atoms with Crippen LogP contribution in [-0.2, 0) is 10.0 Å². The maximum Gasteiger partial charge on any atom is 0.345 e. The number of nitrogens with one attached hydrogen (secondary N) is 1. The molecule has 0 saturated carbocycles. The van der Waals surface area contributed by atoms with Gasteiger partial charge in [0.25, 0.3) is 10.0 Å². The van der Waals surface area contributed by atoms with E-state index in [4.69, 9.17) is 5.11 Å². The Morgan fingerprint density at radius 3 is 2.60 bits per heavy atom. The summed E-state index contributed by atoms with van der Waals surface area (Å²) in [6.45, 7) is 1.93. The fourth-order valence-electron chi connectivity index (χ4n) is 1.44. The van der Waals surface area contributed by atoms with Crippen molar-refractivity contribution in [2.75, 3.05) is 4.72 Å². The zero-order valence-corrected chi connectivity index (χ0v) is 14.0. The van der Waals surface area contributed by atoms with Gasteiger partial charge in [-0.25, -0.2) is 13.2 Å². The average Bonchev–Trinajstić information content (AvgIpc) is 2.84. The largest absolute Gasteiger partial charge is 0.477 e. The van der Waals surface area contributed by atoms with Crippen LogP contribution in [0.3, 0.4) is 0 Å². The number of carboxylic acids is 1. The summed E-state index contributed by atoms with van der Waals surface area (Å²) in [6, 6.07) is 6.35. The topological polar surface area (TPSA) is 83.5 Å². The van der Waals surface area contributed by atoms with E-state index in [1.54, 1.807) is 12.1 Å². The van der Waals surface area contributed by atoms with Crippen LogP contribution in [0.15, 0.2) is 34.5 Å². The summed E-state index contributed by atoms with van der Waals surface area (Å²) < 4.78 is 27.6. The lowest BCUT2D eigenvalue weighted by atomic mass is 10.2. The number of halogens is 1. The van der Waals surface area contributed by atoms with Crippen LogP contribution in [0.5, 0.6) is 0 Å². The molecule has 1 aromatic carbocycles. The highest BCUT2D eigenvalue weighted by atomic mass is 127. The second-order valence-corrected chi connectivity index (χ2v) is 7.78. The Morgan fingerprint density at radius 2 is 2.05 bits per heavy atom. The molecule has 0 aliphatic rings. The van der Waals surface area contributed by atoms with Crippen molar-refractivity contribution in [2.24, 2.45) is 0 Å². The third-order valence-corrected chi connectivity index (χ3v) is 6.11. The van der Waals surface area contributed by atoms with Crippen LogP contribution in [0, 0.1) is 10.5 Å². The van der Waals surface area contributed by atoms with E-state index in [1.165, 1.54) is 5.38 Å². The fourth-order valence-corrected chi connectivity index (χ4v) is 4.12. The predicted octanol–water partition coefficient (Wildman–Crippen LogP) is 3.16. The van der Waals surface area contributed by atoms with Gasteiger partial charge in [0.15, 0.2) is 0 Å². The minimum Gasteiger partial charge on any atom is -0.477 e. The van der Waals surface area contributed by atoms with Gasteiger partial charge >= 0.3 is 5.97 Å². The van der Waals surface area contributed by atoms with Crippen molar-refractivity contribution < 1.29 is 18.3 Å². The summed E-state index contributed by atoms with van der Waals surface area (Å²) >= 11 is 3.00. The number of sulfonamides is 1. The second kappa shape index (κ2) is 5.70. The summed E-state index contributed by atoms with van der Waals surface area (Å²) in [6.07, 6.45) is 0. The van der Waals surface area contributed by atoms with Gasteiger partial charge < -0.3 is 5.11 Å². The van der Waals surface area contributed by atoms with Crippen molar-refractivity contribution in [3.05, 3.63) is 43.7 Å². The van der Waals surface area contributed by atoms with Crippen LogP contribution in [0.1, 0.15) is 15.2 Å². The van der Waals surface area contributed by atoms with Crippen molar-refractivity contribution in [1.82, 2.24) is 0 Å². The molecule has 2 aromatic rings. The summed E-state index contributed by atoms with van der Waals surface area (Å²) in [7, 11) is -3.76. The van der Waals surface area contributed by atoms with E-state index in [0.29, 0.717) is 5.69 Å². The van der Waals surface area contributed by atoms with Crippen molar-refractivity contribution in [1.29, 1.82) is 0 Å². The van der Waals surface area contributed by atoms with E-state index in [9.17, 15) is 13.2 Å². The summed E-state index contributed by atoms with van der Waals surface area (Å²) in [5.74, 6) is -1.14. The van der Waals surface area contributed by atoms with Crippen molar-refractivity contribution >= 4 is 55.6 Å². The summed E-state index contributed by atoms with van der Waals surface area (Å²) in [5, 5.41) is 10.1. The second-order valence-electron chi connectivity index (χ2n) is 4.02. The van der Waals surface area contributed by atoms with Gasteiger partial charge in [-0.1, -0.05) is 6.07 Å². The highest BCUT2D eigenvalue weighted by molar-refractivity contribution is 14.1. The Balaban J connectivity index is 2.30. The minimum atomic E-state index is -3.76. The maximum absolute atomic E-state index is 12.1. The molecule has 106 valence electrons. The van der Waals surface area contributed by atoms with E-state index in [-0.39, 0.29) is 9.77 Å². The van der Waals surface area contributed by atoms with Crippen molar-refractivity contribution in [2.45, 2.75) is 11.8 Å². The van der Waals surface area contributed by atoms with Gasteiger partial charge in [0.1, 0.15) is 4.88 Å². The Hall–Kier alpha value is -1.13. The molecule has 0 radical (unpaired) electrons. The van der Waals surface area contributed by atoms with E-state index in [1.807, 2.05) is 13.0 Å². The molecule has 5 nitrogen and oxygen atoms in total. The number of rotatable bonds is 4. The molecule has 1 aromatic heterocycles. The molecule has 0 saturated heterocycles. The molecule has 0 fully saturated rings. The van der Waals surface area contributed by atoms with Crippen LogP contribution in [0.25, 0.3) is 0 Å². The normalized spacial score (nSPS) is 11.3. The first-order chi connectivity index (χ1) is 9.29. The van der Waals surface area contributed by atoms with Crippen LogP contribution in [0.4, 0.5) is 5.69 Å². The van der Waals surface area contributed by atoms with E-state index in [2.05, 4.69) is 27.3 Å². The van der Waals surface area contributed by atoms with Crippen LogP contribution in [0.2, 0.25) is 0 Å². The molecule has 20 heavy (non-hydrogen) atoms. The molecular weight excluding hydrogens is 413 g/mol. The van der Waals surface area contributed by atoms with Gasteiger partial charge in [0, 0.05) is 14.6 Å². The van der Waals surface area contributed by atoms with Crippen LogP contribution in [-0.4, -0.2) is 19.5 Å². The number of aryl methyl sites for hydroxylation is 1. The third-order valence-electron chi connectivity index (χ3n) is 2.52. The van der Waals surface area contributed by atoms with Gasteiger partial charge in [-0.05, 0) is 53.3 Å². The third kappa shape index (κ3) is 3.30. The number of anilines is 1. The fraction of sp³-hybridized carbons (Fsp3) is 0.0833. The summed E-state index contributed by atoms with van der Waals surface area (Å²) in [4.78, 5) is 10.7.